The fraction of sp³-hybridized carbons (Fsp3) is 0.346. The van der Waals surface area contributed by atoms with Crippen LogP contribution in [-0.2, 0) is 42.8 Å². The summed E-state index contributed by atoms with van der Waals surface area (Å²) in [5.41, 5.74) is 8.52. The van der Waals surface area contributed by atoms with Crippen molar-refractivity contribution in [2.45, 2.75) is 32.8 Å². The van der Waals surface area contributed by atoms with Crippen LogP contribution in [0.15, 0.2) is 65.7 Å². The Morgan fingerprint density at radius 2 is 1.82 bits per heavy atom. The summed E-state index contributed by atoms with van der Waals surface area (Å²) in [6.45, 7) is 2.18. The fourth-order valence-corrected chi connectivity index (χ4v) is 4.90. The van der Waals surface area contributed by atoms with Crippen molar-refractivity contribution in [3.05, 3.63) is 88.0 Å². The number of ether oxygens (including phenoxy) is 2. The molecule has 0 aliphatic rings. The van der Waals surface area contributed by atoms with Crippen LogP contribution in [0.2, 0.25) is 0 Å². The lowest BCUT2D eigenvalue weighted by atomic mass is 10.2. The summed E-state index contributed by atoms with van der Waals surface area (Å²) < 4.78 is 38.0. The molecule has 0 aliphatic heterocycles. The van der Waals surface area contributed by atoms with Gasteiger partial charge in [-0.25, -0.2) is 4.98 Å². The summed E-state index contributed by atoms with van der Waals surface area (Å²) >= 11 is 0. The summed E-state index contributed by atoms with van der Waals surface area (Å²) in [4.78, 5) is 22.5. The SMILES string of the molecule is Cc1ccc(COP(=O)(COCCn2cnc3c(=O)[nH]c(N)nc32)OCC(CO)OCc2ccccc2)cc1. The molecule has 13 heteroatoms. The molecular formula is C26H32N5O7P. The number of aromatic amines is 1. The Balaban J connectivity index is 1.36. The van der Waals surface area contributed by atoms with Gasteiger partial charge in [0.1, 0.15) is 12.5 Å². The van der Waals surface area contributed by atoms with Crippen molar-refractivity contribution in [3.8, 4) is 0 Å². The van der Waals surface area contributed by atoms with Gasteiger partial charge < -0.3 is 33.9 Å². The zero-order chi connectivity index (χ0) is 27.7. The number of aliphatic hydroxyl groups is 1. The van der Waals surface area contributed by atoms with Gasteiger partial charge in [-0.2, -0.15) is 4.98 Å². The summed E-state index contributed by atoms with van der Waals surface area (Å²) in [6, 6.07) is 17.1. The van der Waals surface area contributed by atoms with Crippen molar-refractivity contribution in [2.24, 2.45) is 0 Å². The Kier molecular flexibility index (Phi) is 9.99. The maximum Gasteiger partial charge on any atom is 0.356 e. The van der Waals surface area contributed by atoms with Crippen LogP contribution in [0.5, 0.6) is 0 Å². The highest BCUT2D eigenvalue weighted by atomic mass is 31.2. The van der Waals surface area contributed by atoms with E-state index < -0.39 is 19.3 Å². The number of aryl methyl sites for hydroxylation is 1. The first-order valence-electron chi connectivity index (χ1n) is 12.3. The number of benzene rings is 2. The molecule has 208 valence electrons. The molecule has 0 saturated heterocycles. The minimum atomic E-state index is -3.76. The molecule has 2 aromatic carbocycles. The molecule has 0 fully saturated rings. The maximum absolute atomic E-state index is 13.6. The summed E-state index contributed by atoms with van der Waals surface area (Å²) in [6.07, 6.45) is 0.405. The third kappa shape index (κ3) is 8.30. The Morgan fingerprint density at radius 3 is 2.56 bits per heavy atom. The molecule has 0 radical (unpaired) electrons. The molecule has 0 amide bonds. The van der Waals surface area contributed by atoms with Crippen molar-refractivity contribution in [3.63, 3.8) is 0 Å². The van der Waals surface area contributed by atoms with Gasteiger partial charge in [0.05, 0.1) is 39.4 Å². The van der Waals surface area contributed by atoms with E-state index in [9.17, 15) is 14.5 Å². The molecule has 0 saturated carbocycles. The minimum Gasteiger partial charge on any atom is -0.394 e. The van der Waals surface area contributed by atoms with Crippen molar-refractivity contribution in [1.29, 1.82) is 0 Å². The first-order chi connectivity index (χ1) is 18.8. The van der Waals surface area contributed by atoms with Gasteiger partial charge in [-0.3, -0.25) is 14.3 Å². The highest BCUT2D eigenvalue weighted by Crippen LogP contribution is 2.49. The Hall–Kier alpha value is -3.38. The number of hydrogen-bond donors (Lipinski definition) is 3. The van der Waals surface area contributed by atoms with Crippen LogP contribution in [0, 0.1) is 6.92 Å². The van der Waals surface area contributed by atoms with E-state index in [0.29, 0.717) is 5.65 Å². The molecule has 4 aromatic rings. The van der Waals surface area contributed by atoms with E-state index >= 15 is 0 Å². The monoisotopic (exact) mass is 557 g/mol. The van der Waals surface area contributed by atoms with Crippen LogP contribution in [0.25, 0.3) is 11.2 Å². The molecule has 39 heavy (non-hydrogen) atoms. The molecule has 0 aliphatic carbocycles. The number of nitrogens with two attached hydrogens (primary N) is 1. The van der Waals surface area contributed by atoms with Crippen LogP contribution in [0.4, 0.5) is 5.95 Å². The molecule has 12 nitrogen and oxygen atoms in total. The second kappa shape index (κ2) is 13.6. The van der Waals surface area contributed by atoms with Gasteiger partial charge in [0, 0.05) is 6.54 Å². The van der Waals surface area contributed by atoms with Gasteiger partial charge >= 0.3 is 7.60 Å². The van der Waals surface area contributed by atoms with E-state index in [1.165, 1.54) is 6.33 Å². The van der Waals surface area contributed by atoms with Gasteiger partial charge in [-0.05, 0) is 18.1 Å². The number of fused-ring (bicyclic) bond motifs is 1. The van der Waals surface area contributed by atoms with Crippen molar-refractivity contribution in [2.75, 3.05) is 31.9 Å². The van der Waals surface area contributed by atoms with Crippen LogP contribution in [0.1, 0.15) is 16.7 Å². The number of imidazole rings is 1. The molecule has 4 rings (SSSR count). The molecular weight excluding hydrogens is 525 g/mol. The summed E-state index contributed by atoms with van der Waals surface area (Å²) in [5.74, 6) is -0.0227. The number of hydrogen-bond acceptors (Lipinski definition) is 10. The van der Waals surface area contributed by atoms with Crippen LogP contribution < -0.4 is 11.3 Å². The number of nitrogens with zero attached hydrogens (tertiary/aromatic N) is 3. The predicted molar refractivity (Wildman–Crippen MR) is 145 cm³/mol. The first kappa shape index (κ1) is 28.6. The second-order valence-electron chi connectivity index (χ2n) is 8.87. The Morgan fingerprint density at radius 1 is 1.08 bits per heavy atom. The first-order valence-corrected chi connectivity index (χ1v) is 14.1. The normalized spacial score (nSPS) is 13.9. The number of nitrogen functional groups attached to an aromatic ring is 1. The molecule has 4 N–H and O–H groups in total. The van der Waals surface area contributed by atoms with Crippen molar-refractivity contribution < 1.29 is 28.2 Å². The fourth-order valence-electron chi connectivity index (χ4n) is 3.58. The molecule has 2 aromatic heterocycles. The molecule has 0 bridgehead atoms. The third-order valence-electron chi connectivity index (χ3n) is 5.76. The average molecular weight is 558 g/mol. The Labute approximate surface area is 225 Å². The number of aromatic nitrogens is 4. The molecule has 0 spiro atoms. The maximum atomic E-state index is 13.6. The number of rotatable bonds is 15. The summed E-state index contributed by atoms with van der Waals surface area (Å²) in [5, 5.41) is 9.77. The van der Waals surface area contributed by atoms with Crippen molar-refractivity contribution >= 4 is 24.7 Å². The quantitative estimate of drug-likeness (QED) is 0.146. The van der Waals surface area contributed by atoms with Crippen LogP contribution in [-0.4, -0.2) is 56.9 Å². The van der Waals surface area contributed by atoms with E-state index in [1.54, 1.807) is 4.57 Å². The molecule has 2 heterocycles. The highest BCUT2D eigenvalue weighted by Gasteiger charge is 2.27. The molecule has 2 unspecified atom stereocenters. The smallest absolute Gasteiger partial charge is 0.356 e. The number of nitrogens with one attached hydrogen (secondary N) is 1. The standard InChI is InChI=1S/C26H32N5O7P/c1-19-7-9-21(10-8-19)15-37-39(34,38-16-22(13-32)36-14-20-5-3-2-4-6-20)18-35-12-11-31-17-28-23-24(31)29-26(27)30-25(23)33/h2-10,17,22,32H,11-16,18H2,1H3,(H3,27,29,30,33). The highest BCUT2D eigenvalue weighted by molar-refractivity contribution is 7.53. The van der Waals surface area contributed by atoms with E-state index in [0.717, 1.165) is 16.7 Å². The number of aliphatic hydroxyl groups excluding tert-OH is 1. The van der Waals surface area contributed by atoms with Gasteiger partial charge in [0.25, 0.3) is 5.56 Å². The number of H-pyrrole nitrogens is 1. The van der Waals surface area contributed by atoms with Crippen LogP contribution >= 0.6 is 7.60 Å². The third-order valence-corrected chi connectivity index (χ3v) is 7.32. The van der Waals surface area contributed by atoms with E-state index in [2.05, 4.69) is 15.0 Å². The van der Waals surface area contributed by atoms with Gasteiger partial charge in [-0.15, -0.1) is 0 Å². The minimum absolute atomic E-state index is 0.0227. The van der Waals surface area contributed by atoms with Crippen molar-refractivity contribution in [1.82, 2.24) is 19.5 Å². The second-order valence-corrected chi connectivity index (χ2v) is 10.9. The number of anilines is 1. The van der Waals surface area contributed by atoms with Gasteiger partial charge in [0.15, 0.2) is 11.2 Å². The Bertz CT molecular complexity index is 1440. The topological polar surface area (TPSA) is 164 Å². The largest absolute Gasteiger partial charge is 0.394 e. The molecule has 2 atom stereocenters. The van der Waals surface area contributed by atoms with Gasteiger partial charge in [0.2, 0.25) is 5.95 Å². The zero-order valence-corrected chi connectivity index (χ0v) is 22.5. The lowest BCUT2D eigenvalue weighted by Crippen LogP contribution is -2.24. The van der Waals surface area contributed by atoms with E-state index in [4.69, 9.17) is 24.3 Å². The van der Waals surface area contributed by atoms with E-state index in [1.807, 2.05) is 61.5 Å². The lowest BCUT2D eigenvalue weighted by Gasteiger charge is -2.22. The van der Waals surface area contributed by atoms with E-state index in [-0.39, 0.29) is 57.4 Å². The van der Waals surface area contributed by atoms with Gasteiger partial charge in [-0.1, -0.05) is 60.2 Å². The lowest BCUT2D eigenvalue weighted by molar-refractivity contribution is -0.0276. The summed E-state index contributed by atoms with van der Waals surface area (Å²) in [7, 11) is -3.76. The van der Waals surface area contributed by atoms with Crippen LogP contribution in [0.3, 0.4) is 0 Å². The average Bonchev–Trinajstić information content (AvgIpc) is 3.34. The zero-order valence-electron chi connectivity index (χ0n) is 21.6. The predicted octanol–water partition coefficient (Wildman–Crippen LogP) is 2.99.